The van der Waals surface area contributed by atoms with Crippen molar-refractivity contribution < 1.29 is 14.3 Å². The first-order valence-corrected chi connectivity index (χ1v) is 8.01. The van der Waals surface area contributed by atoms with Gasteiger partial charge in [0.1, 0.15) is 5.75 Å². The van der Waals surface area contributed by atoms with Gasteiger partial charge in [0.05, 0.1) is 7.11 Å². The summed E-state index contributed by atoms with van der Waals surface area (Å²) in [6, 6.07) is 7.05. The third-order valence-electron chi connectivity index (χ3n) is 3.89. The zero-order valence-electron chi connectivity index (χ0n) is 14.0. The van der Waals surface area contributed by atoms with E-state index < -0.39 is 0 Å². The molecule has 6 heteroatoms. The van der Waals surface area contributed by atoms with E-state index in [-0.39, 0.29) is 24.1 Å². The highest BCUT2D eigenvalue weighted by atomic mass is 35.5. The standard InChI is InChI=1S/C18H24N2O3.ClH/c1-23-16-7-5-15(6-8-16)17(21)3-2-4-18(22)20-13-14-9-11-19-12-10-14;/h5-9,19H,2-4,10-13H2,1H3,(H,20,22);1H. The van der Waals surface area contributed by atoms with Gasteiger partial charge in [-0.05, 0) is 43.7 Å². The maximum Gasteiger partial charge on any atom is 0.220 e. The number of ether oxygens (including phenoxy) is 1. The van der Waals surface area contributed by atoms with Gasteiger partial charge in [0.15, 0.2) is 5.78 Å². The molecule has 0 unspecified atom stereocenters. The van der Waals surface area contributed by atoms with Crippen molar-refractivity contribution in [3.8, 4) is 5.75 Å². The van der Waals surface area contributed by atoms with Crippen LogP contribution in [0.15, 0.2) is 35.9 Å². The fraction of sp³-hybridized carbons (Fsp3) is 0.444. The Morgan fingerprint density at radius 2 is 1.96 bits per heavy atom. The van der Waals surface area contributed by atoms with E-state index in [1.807, 2.05) is 0 Å². The lowest BCUT2D eigenvalue weighted by Gasteiger charge is -2.14. The highest BCUT2D eigenvalue weighted by molar-refractivity contribution is 5.96. The van der Waals surface area contributed by atoms with E-state index in [1.54, 1.807) is 31.4 Å². The van der Waals surface area contributed by atoms with Gasteiger partial charge in [-0.25, -0.2) is 0 Å². The van der Waals surface area contributed by atoms with Gasteiger partial charge in [0.25, 0.3) is 0 Å². The van der Waals surface area contributed by atoms with E-state index in [2.05, 4.69) is 16.7 Å². The zero-order chi connectivity index (χ0) is 16.5. The maximum atomic E-state index is 12.0. The van der Waals surface area contributed by atoms with Crippen molar-refractivity contribution in [3.63, 3.8) is 0 Å². The van der Waals surface area contributed by atoms with Crippen molar-refractivity contribution >= 4 is 24.1 Å². The molecule has 24 heavy (non-hydrogen) atoms. The summed E-state index contributed by atoms with van der Waals surface area (Å²) in [6.07, 6.45) is 4.43. The van der Waals surface area contributed by atoms with Crippen LogP contribution in [0.25, 0.3) is 0 Å². The number of benzene rings is 1. The molecule has 5 nitrogen and oxygen atoms in total. The molecule has 1 aromatic carbocycles. The minimum atomic E-state index is 0. The fourth-order valence-electron chi connectivity index (χ4n) is 2.46. The number of halogens is 1. The average molecular weight is 353 g/mol. The topological polar surface area (TPSA) is 67.4 Å². The molecule has 2 rings (SSSR count). The normalized spacial score (nSPS) is 13.5. The predicted molar refractivity (Wildman–Crippen MR) is 97.0 cm³/mol. The third kappa shape index (κ3) is 6.72. The average Bonchev–Trinajstić information content (AvgIpc) is 2.61. The van der Waals surface area contributed by atoms with Gasteiger partial charge in [-0.15, -0.1) is 12.4 Å². The van der Waals surface area contributed by atoms with Crippen molar-refractivity contribution in [2.75, 3.05) is 26.7 Å². The second-order valence-electron chi connectivity index (χ2n) is 5.60. The molecule has 0 bridgehead atoms. The van der Waals surface area contributed by atoms with Gasteiger partial charge < -0.3 is 15.4 Å². The fourth-order valence-corrected chi connectivity index (χ4v) is 2.46. The number of methoxy groups -OCH3 is 1. The van der Waals surface area contributed by atoms with Crippen LogP contribution in [0.5, 0.6) is 5.75 Å². The number of rotatable bonds is 8. The summed E-state index contributed by atoms with van der Waals surface area (Å²) in [6.45, 7) is 2.46. The lowest BCUT2D eigenvalue weighted by Crippen LogP contribution is -2.29. The molecule has 0 saturated carbocycles. The van der Waals surface area contributed by atoms with E-state index in [9.17, 15) is 9.59 Å². The Morgan fingerprint density at radius 1 is 1.21 bits per heavy atom. The third-order valence-corrected chi connectivity index (χ3v) is 3.89. The van der Waals surface area contributed by atoms with Crippen LogP contribution in [0.2, 0.25) is 0 Å². The Bertz CT molecular complexity index is 570. The minimum Gasteiger partial charge on any atom is -0.497 e. The van der Waals surface area contributed by atoms with Crippen molar-refractivity contribution in [3.05, 3.63) is 41.5 Å². The number of carbonyl (C=O) groups excluding carboxylic acids is 2. The maximum absolute atomic E-state index is 12.0. The van der Waals surface area contributed by atoms with Crippen LogP contribution < -0.4 is 15.4 Å². The van der Waals surface area contributed by atoms with Crippen LogP contribution in [0.3, 0.4) is 0 Å². The number of nitrogens with one attached hydrogen (secondary N) is 2. The first-order valence-electron chi connectivity index (χ1n) is 8.01. The number of hydrogen-bond donors (Lipinski definition) is 2. The van der Waals surface area contributed by atoms with Crippen molar-refractivity contribution in [1.29, 1.82) is 0 Å². The van der Waals surface area contributed by atoms with Crippen LogP contribution in [-0.4, -0.2) is 38.4 Å². The largest absolute Gasteiger partial charge is 0.497 e. The summed E-state index contributed by atoms with van der Waals surface area (Å²) >= 11 is 0. The summed E-state index contributed by atoms with van der Waals surface area (Å²) in [5.41, 5.74) is 1.93. The molecular formula is C18H25ClN2O3. The Labute approximate surface area is 149 Å². The molecule has 1 heterocycles. The van der Waals surface area contributed by atoms with Crippen LogP contribution in [0.1, 0.15) is 36.0 Å². The first-order chi connectivity index (χ1) is 11.2. The molecule has 1 aliphatic heterocycles. The van der Waals surface area contributed by atoms with Crippen molar-refractivity contribution in [1.82, 2.24) is 10.6 Å². The predicted octanol–water partition coefficient (Wildman–Crippen LogP) is 2.51. The van der Waals surface area contributed by atoms with Crippen molar-refractivity contribution in [2.45, 2.75) is 25.7 Å². The van der Waals surface area contributed by atoms with Gasteiger partial charge in [-0.3, -0.25) is 9.59 Å². The molecule has 1 amide bonds. The molecule has 0 saturated heterocycles. The monoisotopic (exact) mass is 352 g/mol. The van der Waals surface area contributed by atoms with E-state index in [4.69, 9.17) is 4.74 Å². The minimum absolute atomic E-state index is 0. The van der Waals surface area contributed by atoms with Gasteiger partial charge >= 0.3 is 0 Å². The van der Waals surface area contributed by atoms with E-state index >= 15 is 0 Å². The van der Waals surface area contributed by atoms with Gasteiger partial charge in [-0.1, -0.05) is 11.6 Å². The Hall–Kier alpha value is -1.85. The quantitative estimate of drug-likeness (QED) is 0.557. The smallest absolute Gasteiger partial charge is 0.220 e. The van der Waals surface area contributed by atoms with Crippen LogP contribution in [0.4, 0.5) is 0 Å². The summed E-state index contributed by atoms with van der Waals surface area (Å²) in [4.78, 5) is 23.8. The first kappa shape index (κ1) is 20.2. The molecule has 0 radical (unpaired) electrons. The van der Waals surface area contributed by atoms with Crippen LogP contribution >= 0.6 is 12.4 Å². The zero-order valence-corrected chi connectivity index (χ0v) is 14.8. The molecule has 1 aromatic rings. The number of carbonyl (C=O) groups is 2. The highest BCUT2D eigenvalue weighted by Gasteiger charge is 2.09. The van der Waals surface area contributed by atoms with E-state index in [0.717, 1.165) is 25.3 Å². The molecule has 0 aromatic heterocycles. The molecule has 1 aliphatic rings. The Balaban J connectivity index is 0.00000288. The summed E-state index contributed by atoms with van der Waals surface area (Å²) in [5, 5.41) is 6.16. The molecule has 0 spiro atoms. The second-order valence-corrected chi connectivity index (χ2v) is 5.60. The van der Waals surface area contributed by atoms with Crippen molar-refractivity contribution in [2.24, 2.45) is 0 Å². The lowest BCUT2D eigenvalue weighted by atomic mass is 10.1. The molecule has 0 fully saturated rings. The Kier molecular flexibility index (Phi) is 9.12. The van der Waals surface area contributed by atoms with Gasteiger partial charge in [0, 0.05) is 31.5 Å². The van der Waals surface area contributed by atoms with Crippen LogP contribution in [-0.2, 0) is 4.79 Å². The molecule has 2 N–H and O–H groups in total. The Morgan fingerprint density at radius 3 is 2.58 bits per heavy atom. The van der Waals surface area contributed by atoms with Gasteiger partial charge in [0.2, 0.25) is 5.91 Å². The number of Topliss-reactive ketones (excluding diaryl/α,β-unsaturated/α-hetero) is 1. The SMILES string of the molecule is COc1ccc(C(=O)CCCC(=O)NCC2=CCNCC2)cc1.Cl. The van der Waals surface area contributed by atoms with E-state index in [1.165, 1.54) is 5.57 Å². The number of hydrogen-bond acceptors (Lipinski definition) is 4. The summed E-state index contributed by atoms with van der Waals surface area (Å²) in [7, 11) is 1.59. The van der Waals surface area contributed by atoms with Gasteiger partial charge in [-0.2, -0.15) is 0 Å². The molecule has 0 aliphatic carbocycles. The number of amides is 1. The number of ketones is 1. The van der Waals surface area contributed by atoms with E-state index in [0.29, 0.717) is 31.4 Å². The molecule has 0 atom stereocenters. The summed E-state index contributed by atoms with van der Waals surface area (Å²) < 4.78 is 5.07. The molecule has 132 valence electrons. The highest BCUT2D eigenvalue weighted by Crippen LogP contribution is 2.13. The second kappa shape index (κ2) is 10.8. The summed E-state index contributed by atoms with van der Waals surface area (Å²) in [5.74, 6) is 0.793. The van der Waals surface area contributed by atoms with Crippen LogP contribution in [0, 0.1) is 0 Å². The lowest BCUT2D eigenvalue weighted by molar-refractivity contribution is -0.121. The molecular weight excluding hydrogens is 328 g/mol.